The van der Waals surface area contributed by atoms with E-state index in [4.69, 9.17) is 9.47 Å². The Labute approximate surface area is 118 Å². The number of amides is 1. The van der Waals surface area contributed by atoms with Crippen LogP contribution in [0.2, 0.25) is 0 Å². The second-order valence-electron chi connectivity index (χ2n) is 5.77. The van der Waals surface area contributed by atoms with Gasteiger partial charge in [-0.25, -0.2) is 0 Å². The minimum Gasteiger partial charge on any atom is -0.346 e. The van der Waals surface area contributed by atoms with E-state index < -0.39 is 11.4 Å². The first-order chi connectivity index (χ1) is 9.58. The van der Waals surface area contributed by atoms with Crippen molar-refractivity contribution in [3.8, 4) is 0 Å². The predicted molar refractivity (Wildman–Crippen MR) is 74.4 cm³/mol. The molecule has 0 radical (unpaired) electrons. The molecular formula is C16H17NO3. The van der Waals surface area contributed by atoms with E-state index in [1.54, 1.807) is 11.9 Å². The molecule has 3 aliphatic rings. The summed E-state index contributed by atoms with van der Waals surface area (Å²) in [6, 6.07) is 5.95. The Morgan fingerprint density at radius 2 is 2.15 bits per heavy atom. The van der Waals surface area contributed by atoms with Gasteiger partial charge < -0.3 is 14.4 Å². The van der Waals surface area contributed by atoms with Crippen molar-refractivity contribution in [3.63, 3.8) is 0 Å². The summed E-state index contributed by atoms with van der Waals surface area (Å²) in [6.07, 6.45) is 5.58. The Bertz CT molecular complexity index is 631. The monoisotopic (exact) mass is 271 g/mol. The zero-order valence-corrected chi connectivity index (χ0v) is 11.7. The SMILES string of the molecule is Cc1cccc2c1C1(C=CC3(CCCO3)O1)C(=O)N2C. The van der Waals surface area contributed by atoms with Gasteiger partial charge in [-0.05, 0) is 37.1 Å². The van der Waals surface area contributed by atoms with E-state index in [0.29, 0.717) is 6.61 Å². The zero-order chi connectivity index (χ0) is 14.0. The van der Waals surface area contributed by atoms with E-state index in [9.17, 15) is 4.79 Å². The van der Waals surface area contributed by atoms with Crippen LogP contribution in [0.1, 0.15) is 24.0 Å². The van der Waals surface area contributed by atoms with Gasteiger partial charge >= 0.3 is 0 Å². The van der Waals surface area contributed by atoms with Crippen LogP contribution >= 0.6 is 0 Å². The third-order valence-electron chi connectivity index (χ3n) is 4.53. The van der Waals surface area contributed by atoms with Gasteiger partial charge in [0.25, 0.3) is 5.91 Å². The zero-order valence-electron chi connectivity index (χ0n) is 11.7. The van der Waals surface area contributed by atoms with E-state index in [-0.39, 0.29) is 5.91 Å². The topological polar surface area (TPSA) is 38.8 Å². The first-order valence-corrected chi connectivity index (χ1v) is 7.01. The highest BCUT2D eigenvalue weighted by Crippen LogP contribution is 2.52. The highest BCUT2D eigenvalue weighted by molar-refractivity contribution is 6.08. The molecule has 1 saturated heterocycles. The minimum absolute atomic E-state index is 0.0366. The maximum Gasteiger partial charge on any atom is 0.267 e. The number of carbonyl (C=O) groups is 1. The molecule has 104 valence electrons. The van der Waals surface area contributed by atoms with E-state index in [2.05, 4.69) is 0 Å². The first-order valence-electron chi connectivity index (χ1n) is 7.01. The lowest BCUT2D eigenvalue weighted by atomic mass is 9.92. The number of anilines is 1. The molecule has 0 saturated carbocycles. The first kappa shape index (κ1) is 12.1. The lowest BCUT2D eigenvalue weighted by molar-refractivity contribution is -0.213. The second-order valence-corrected chi connectivity index (χ2v) is 5.77. The highest BCUT2D eigenvalue weighted by Gasteiger charge is 2.58. The molecule has 4 rings (SSSR count). The molecule has 3 aliphatic heterocycles. The van der Waals surface area contributed by atoms with Crippen LogP contribution in [0.3, 0.4) is 0 Å². The molecule has 1 aromatic rings. The van der Waals surface area contributed by atoms with Gasteiger partial charge in [-0.15, -0.1) is 0 Å². The van der Waals surface area contributed by atoms with Crippen LogP contribution in [0.4, 0.5) is 5.69 Å². The van der Waals surface area contributed by atoms with Crippen molar-refractivity contribution in [2.45, 2.75) is 31.2 Å². The van der Waals surface area contributed by atoms with E-state index >= 15 is 0 Å². The molecule has 1 amide bonds. The summed E-state index contributed by atoms with van der Waals surface area (Å²) in [4.78, 5) is 14.5. The van der Waals surface area contributed by atoms with Gasteiger partial charge in [-0.2, -0.15) is 0 Å². The molecule has 2 spiro atoms. The fraction of sp³-hybridized carbons (Fsp3) is 0.438. The van der Waals surface area contributed by atoms with Crippen LogP contribution in [0.15, 0.2) is 30.4 Å². The van der Waals surface area contributed by atoms with Crippen molar-refractivity contribution in [2.75, 3.05) is 18.6 Å². The Morgan fingerprint density at radius 3 is 2.90 bits per heavy atom. The van der Waals surface area contributed by atoms with E-state index in [1.807, 2.05) is 37.3 Å². The molecule has 1 aromatic carbocycles. The number of rotatable bonds is 0. The molecule has 4 nitrogen and oxygen atoms in total. The molecule has 1 fully saturated rings. The fourth-order valence-electron chi connectivity index (χ4n) is 3.56. The minimum atomic E-state index is -1.00. The summed E-state index contributed by atoms with van der Waals surface area (Å²) in [5.41, 5.74) is 1.95. The van der Waals surface area contributed by atoms with Crippen LogP contribution in [0.5, 0.6) is 0 Å². The summed E-state index contributed by atoms with van der Waals surface area (Å²) < 4.78 is 12.0. The summed E-state index contributed by atoms with van der Waals surface area (Å²) >= 11 is 0. The molecule has 20 heavy (non-hydrogen) atoms. The molecule has 2 unspecified atom stereocenters. The van der Waals surface area contributed by atoms with E-state index in [0.717, 1.165) is 29.7 Å². The molecule has 0 bridgehead atoms. The van der Waals surface area contributed by atoms with Gasteiger partial charge in [0.15, 0.2) is 11.4 Å². The molecule has 2 atom stereocenters. The van der Waals surface area contributed by atoms with Gasteiger partial charge in [0.05, 0.1) is 12.3 Å². The van der Waals surface area contributed by atoms with Crippen LogP contribution in [-0.2, 0) is 19.9 Å². The smallest absolute Gasteiger partial charge is 0.267 e. The van der Waals surface area contributed by atoms with Crippen molar-refractivity contribution in [1.82, 2.24) is 0 Å². The lowest BCUT2D eigenvalue weighted by Gasteiger charge is -2.29. The largest absolute Gasteiger partial charge is 0.346 e. The van der Waals surface area contributed by atoms with Gasteiger partial charge in [0.2, 0.25) is 0 Å². The van der Waals surface area contributed by atoms with Crippen LogP contribution in [0, 0.1) is 6.92 Å². The summed E-state index contributed by atoms with van der Waals surface area (Å²) in [5, 5.41) is 0. The average Bonchev–Trinajstić information content (AvgIpc) is 3.10. The number of nitrogens with zero attached hydrogens (tertiary/aromatic N) is 1. The average molecular weight is 271 g/mol. The third-order valence-corrected chi connectivity index (χ3v) is 4.53. The number of benzene rings is 1. The molecule has 0 N–H and O–H groups in total. The maximum atomic E-state index is 12.8. The number of hydrogen-bond acceptors (Lipinski definition) is 3. The highest BCUT2D eigenvalue weighted by atomic mass is 16.7. The van der Waals surface area contributed by atoms with Gasteiger partial charge in [-0.1, -0.05) is 12.1 Å². The molecular weight excluding hydrogens is 254 g/mol. The Kier molecular flexibility index (Phi) is 2.25. The molecule has 0 aromatic heterocycles. The second kappa shape index (κ2) is 3.71. The number of carbonyl (C=O) groups excluding carboxylic acids is 1. The number of likely N-dealkylation sites (N-methyl/N-ethyl adjacent to an activating group) is 1. The van der Waals surface area contributed by atoms with Gasteiger partial charge in [0.1, 0.15) is 0 Å². The number of hydrogen-bond donors (Lipinski definition) is 0. The number of ether oxygens (including phenoxy) is 2. The molecule has 3 heterocycles. The van der Waals surface area contributed by atoms with Crippen LogP contribution in [-0.4, -0.2) is 25.3 Å². The van der Waals surface area contributed by atoms with Gasteiger partial charge in [-0.3, -0.25) is 4.79 Å². The van der Waals surface area contributed by atoms with Crippen LogP contribution in [0.25, 0.3) is 0 Å². The van der Waals surface area contributed by atoms with Gasteiger partial charge in [0, 0.05) is 19.0 Å². The van der Waals surface area contributed by atoms with Crippen molar-refractivity contribution in [1.29, 1.82) is 0 Å². The van der Waals surface area contributed by atoms with Crippen LogP contribution < -0.4 is 4.90 Å². The lowest BCUT2D eigenvalue weighted by Crippen LogP contribution is -2.42. The predicted octanol–water partition coefficient (Wildman–Crippen LogP) is 2.26. The number of aryl methyl sites for hydroxylation is 1. The van der Waals surface area contributed by atoms with Crippen molar-refractivity contribution in [2.24, 2.45) is 0 Å². The van der Waals surface area contributed by atoms with Crippen molar-refractivity contribution in [3.05, 3.63) is 41.5 Å². The molecule has 4 heteroatoms. The Balaban J connectivity index is 1.88. The quantitative estimate of drug-likeness (QED) is 0.679. The summed E-state index contributed by atoms with van der Waals surface area (Å²) in [6.45, 7) is 2.70. The number of fused-ring (bicyclic) bond motifs is 2. The fourth-order valence-corrected chi connectivity index (χ4v) is 3.56. The van der Waals surface area contributed by atoms with Crippen molar-refractivity contribution >= 4 is 11.6 Å². The molecule has 0 aliphatic carbocycles. The standard InChI is InChI=1S/C16H17NO3/c1-11-5-3-6-12-13(11)16(14(18)17(12)2)9-8-15(20-16)7-4-10-19-15/h3,5-6,8-9H,4,7,10H2,1-2H3. The summed E-state index contributed by atoms with van der Waals surface area (Å²) in [7, 11) is 1.80. The van der Waals surface area contributed by atoms with E-state index in [1.165, 1.54) is 0 Å². The van der Waals surface area contributed by atoms with Crippen molar-refractivity contribution < 1.29 is 14.3 Å². The Hall–Kier alpha value is -1.65. The normalized spacial score (nSPS) is 34.7. The summed E-state index contributed by atoms with van der Waals surface area (Å²) in [5.74, 6) is -0.745. The third kappa shape index (κ3) is 1.30. The Morgan fingerprint density at radius 1 is 1.30 bits per heavy atom. The maximum absolute atomic E-state index is 12.8.